The number of halogens is 2. The molecule has 0 bridgehead atoms. The maximum absolute atomic E-state index is 14.7. The lowest BCUT2D eigenvalue weighted by atomic mass is 9.86. The molecule has 2 aliphatic heterocycles. The zero-order valence-electron chi connectivity index (χ0n) is 11.8. The molecule has 22 heavy (non-hydrogen) atoms. The second-order valence-corrected chi connectivity index (χ2v) is 6.00. The molecule has 0 aliphatic carbocycles. The van der Waals surface area contributed by atoms with Crippen LogP contribution in [0, 0.1) is 0 Å². The van der Waals surface area contributed by atoms with Crippen LogP contribution in [0.15, 0.2) is 24.4 Å². The smallest absolute Gasteiger partial charge is 0.249 e. The van der Waals surface area contributed by atoms with Crippen molar-refractivity contribution in [3.63, 3.8) is 0 Å². The Labute approximate surface area is 139 Å². The molecular formula is C13H16FIN2O5. The summed E-state index contributed by atoms with van der Waals surface area (Å²) in [5.41, 5.74) is -2.16. The molecule has 0 aromatic carbocycles. The Balaban J connectivity index is 2.47. The first-order valence-electron chi connectivity index (χ1n) is 6.43. The highest BCUT2D eigenvalue weighted by molar-refractivity contribution is 14.1. The molecule has 0 saturated carbocycles. The molecular weight excluding hydrogens is 410 g/mol. The molecule has 7 nitrogen and oxygen atoms in total. The molecule has 0 radical (unpaired) electrons. The number of nitrogens with one attached hydrogen (secondary N) is 1. The maximum Gasteiger partial charge on any atom is 0.249 e. The van der Waals surface area contributed by atoms with Gasteiger partial charge in [-0.25, -0.2) is 4.39 Å². The number of carbonyl (C=O) groups is 2. The molecule has 0 aromatic heterocycles. The first-order chi connectivity index (χ1) is 10.2. The van der Waals surface area contributed by atoms with Crippen LogP contribution < -0.4 is 5.32 Å². The molecule has 3 N–H and O–H groups in total. The van der Waals surface area contributed by atoms with Crippen LogP contribution >= 0.6 is 22.6 Å². The Morgan fingerprint density at radius 1 is 1.68 bits per heavy atom. The summed E-state index contributed by atoms with van der Waals surface area (Å²) in [7, 11) is 0. The summed E-state index contributed by atoms with van der Waals surface area (Å²) >= 11 is 1.67. The molecule has 122 valence electrons. The van der Waals surface area contributed by atoms with Crippen LogP contribution in [-0.2, 0) is 14.3 Å². The fourth-order valence-corrected chi connectivity index (χ4v) is 2.97. The molecule has 1 fully saturated rings. The molecule has 0 spiro atoms. The summed E-state index contributed by atoms with van der Waals surface area (Å²) in [5, 5.41) is 23.2. The number of amides is 2. The van der Waals surface area contributed by atoms with Gasteiger partial charge in [-0.15, -0.1) is 0 Å². The summed E-state index contributed by atoms with van der Waals surface area (Å²) < 4.78 is 19.6. The van der Waals surface area contributed by atoms with E-state index >= 15 is 0 Å². The zero-order chi connectivity index (χ0) is 16.7. The summed E-state index contributed by atoms with van der Waals surface area (Å²) in [6, 6.07) is 0. The lowest BCUT2D eigenvalue weighted by molar-refractivity contribution is -0.182. The normalized spacial score (nSPS) is 38.9. The van der Waals surface area contributed by atoms with Gasteiger partial charge >= 0.3 is 0 Å². The van der Waals surface area contributed by atoms with Crippen LogP contribution in [0.2, 0.25) is 0 Å². The fraction of sp³-hybridized carbons (Fsp3) is 0.538. The monoisotopic (exact) mass is 426 g/mol. The Morgan fingerprint density at radius 2 is 2.32 bits per heavy atom. The van der Waals surface area contributed by atoms with E-state index in [9.17, 15) is 24.2 Å². The van der Waals surface area contributed by atoms with Crippen molar-refractivity contribution >= 4 is 34.4 Å². The predicted octanol–water partition coefficient (Wildman–Crippen LogP) is -0.416. The van der Waals surface area contributed by atoms with E-state index < -0.39 is 35.6 Å². The van der Waals surface area contributed by atoms with Gasteiger partial charge in [0.15, 0.2) is 17.9 Å². The quantitative estimate of drug-likeness (QED) is 0.324. The number of ether oxygens (including phenoxy) is 1. The van der Waals surface area contributed by atoms with Crippen LogP contribution in [-0.4, -0.2) is 61.7 Å². The van der Waals surface area contributed by atoms with Gasteiger partial charge in [0.25, 0.3) is 0 Å². The van der Waals surface area contributed by atoms with E-state index in [0.717, 1.165) is 17.2 Å². The van der Waals surface area contributed by atoms with Gasteiger partial charge in [0.05, 0.1) is 11.0 Å². The standard InChI is InChI=1S/C13H16FIN2O5/c1-7(2)13(21)10(20)12(14,6-15)22-11(13)17-4-3-8(18)16-5-9(17)19/h3-4,10-11,20-21H,1,5-6H2,2H3,(H,16,18)/t10-,11-,12-,13-/m1/s1. The highest BCUT2D eigenvalue weighted by Crippen LogP contribution is 2.45. The van der Waals surface area contributed by atoms with Gasteiger partial charge in [-0.3, -0.25) is 14.5 Å². The van der Waals surface area contributed by atoms with Gasteiger partial charge in [-0.05, 0) is 12.5 Å². The van der Waals surface area contributed by atoms with E-state index in [0.29, 0.717) is 0 Å². The molecule has 0 aromatic rings. The van der Waals surface area contributed by atoms with Crippen LogP contribution in [0.3, 0.4) is 0 Å². The number of hydrogen-bond acceptors (Lipinski definition) is 5. The third-order valence-electron chi connectivity index (χ3n) is 3.72. The third kappa shape index (κ3) is 2.55. The minimum atomic E-state index is -2.54. The summed E-state index contributed by atoms with van der Waals surface area (Å²) in [6.45, 7) is 4.62. The topological polar surface area (TPSA) is 99.1 Å². The van der Waals surface area contributed by atoms with Crippen molar-refractivity contribution in [2.75, 3.05) is 11.0 Å². The van der Waals surface area contributed by atoms with Crippen LogP contribution in [0.4, 0.5) is 4.39 Å². The van der Waals surface area contributed by atoms with E-state index in [4.69, 9.17) is 4.74 Å². The Hall–Kier alpha value is -1.04. The van der Waals surface area contributed by atoms with E-state index in [-0.39, 0.29) is 16.5 Å². The maximum atomic E-state index is 14.7. The zero-order valence-corrected chi connectivity index (χ0v) is 13.9. The Morgan fingerprint density at radius 3 is 2.86 bits per heavy atom. The second-order valence-electron chi connectivity index (χ2n) is 5.23. The summed E-state index contributed by atoms with van der Waals surface area (Å²) in [5.74, 6) is -3.66. The Kier molecular flexibility index (Phi) is 4.62. The molecule has 2 rings (SSSR count). The van der Waals surface area contributed by atoms with E-state index in [1.165, 1.54) is 6.92 Å². The highest BCUT2D eigenvalue weighted by Gasteiger charge is 2.66. The van der Waals surface area contributed by atoms with Gasteiger partial charge in [0, 0.05) is 12.3 Å². The van der Waals surface area contributed by atoms with E-state index in [1.807, 2.05) is 0 Å². The highest BCUT2D eigenvalue weighted by atomic mass is 127. The first kappa shape index (κ1) is 17.3. The third-order valence-corrected chi connectivity index (χ3v) is 4.76. The average molecular weight is 426 g/mol. The van der Waals surface area contributed by atoms with Crippen molar-refractivity contribution in [2.45, 2.75) is 30.7 Å². The first-order valence-corrected chi connectivity index (χ1v) is 7.95. The fourth-order valence-electron chi connectivity index (χ4n) is 2.37. The number of alkyl halides is 2. The largest absolute Gasteiger partial charge is 0.384 e. The Bertz CT molecular complexity index is 557. The van der Waals surface area contributed by atoms with Gasteiger partial charge < -0.3 is 20.3 Å². The summed E-state index contributed by atoms with van der Waals surface area (Å²) in [4.78, 5) is 24.3. The van der Waals surface area contributed by atoms with Crippen LogP contribution in [0.5, 0.6) is 0 Å². The average Bonchev–Trinajstić information content (AvgIpc) is 2.59. The van der Waals surface area contributed by atoms with Gasteiger partial charge in [-0.1, -0.05) is 29.2 Å². The van der Waals surface area contributed by atoms with Crippen molar-refractivity contribution in [1.29, 1.82) is 0 Å². The number of aliphatic hydroxyl groups excluding tert-OH is 1. The van der Waals surface area contributed by atoms with E-state index in [1.54, 1.807) is 22.6 Å². The van der Waals surface area contributed by atoms with Gasteiger partial charge in [0.2, 0.25) is 17.7 Å². The van der Waals surface area contributed by atoms with Crippen molar-refractivity contribution in [2.24, 2.45) is 0 Å². The molecule has 2 amide bonds. The molecule has 4 atom stereocenters. The number of hydrogen-bond donors (Lipinski definition) is 3. The SMILES string of the molecule is C=C(C)[C@]1(O)[C@H](N2C=CC(=O)NCC2=O)O[C@](F)(CI)[C@H]1O. The molecule has 2 heterocycles. The molecule has 2 aliphatic rings. The molecule has 9 heteroatoms. The van der Waals surface area contributed by atoms with Crippen LogP contribution in [0.25, 0.3) is 0 Å². The number of aliphatic hydroxyl groups is 2. The lowest BCUT2D eigenvalue weighted by Gasteiger charge is -2.36. The number of nitrogens with zero attached hydrogens (tertiary/aromatic N) is 1. The minimum Gasteiger partial charge on any atom is -0.384 e. The van der Waals surface area contributed by atoms with E-state index in [2.05, 4.69) is 11.9 Å². The predicted molar refractivity (Wildman–Crippen MR) is 82.4 cm³/mol. The minimum absolute atomic E-state index is 0.0408. The van der Waals surface area contributed by atoms with Crippen molar-refractivity contribution in [3.8, 4) is 0 Å². The lowest BCUT2D eigenvalue weighted by Crippen LogP contribution is -2.57. The van der Waals surface area contributed by atoms with Crippen molar-refractivity contribution in [3.05, 3.63) is 24.4 Å². The molecule has 1 saturated heterocycles. The number of carbonyl (C=O) groups excluding carboxylic acids is 2. The summed E-state index contributed by atoms with van der Waals surface area (Å²) in [6.07, 6.45) is -1.31. The van der Waals surface area contributed by atoms with Crippen molar-refractivity contribution in [1.82, 2.24) is 10.2 Å². The van der Waals surface area contributed by atoms with Crippen molar-refractivity contribution < 1.29 is 28.9 Å². The molecule has 0 unspecified atom stereocenters. The van der Waals surface area contributed by atoms with Crippen LogP contribution in [0.1, 0.15) is 6.92 Å². The van der Waals surface area contributed by atoms with Gasteiger partial charge in [0.1, 0.15) is 0 Å². The number of rotatable bonds is 3. The second kappa shape index (κ2) is 5.87. The van der Waals surface area contributed by atoms with Gasteiger partial charge in [-0.2, -0.15) is 0 Å².